The van der Waals surface area contributed by atoms with E-state index in [1.165, 1.54) is 0 Å². The summed E-state index contributed by atoms with van der Waals surface area (Å²) in [5, 5.41) is 10.6. The molecule has 100 valence electrons. The van der Waals surface area contributed by atoms with Gasteiger partial charge >= 0.3 is 0 Å². The average molecular weight is 259 g/mol. The lowest BCUT2D eigenvalue weighted by molar-refractivity contribution is 0.770. The van der Waals surface area contributed by atoms with Crippen molar-refractivity contribution in [3.05, 3.63) is 18.5 Å². The van der Waals surface area contributed by atoms with E-state index in [1.54, 1.807) is 10.9 Å². The summed E-state index contributed by atoms with van der Waals surface area (Å²) >= 11 is 0. The lowest BCUT2D eigenvalue weighted by atomic mass is 10.3. The molecule has 1 aliphatic carbocycles. The topological polar surface area (TPSA) is 80.5 Å². The van der Waals surface area contributed by atoms with E-state index in [0.717, 1.165) is 19.4 Å². The van der Waals surface area contributed by atoms with E-state index in [-0.39, 0.29) is 5.54 Å². The minimum Gasteiger partial charge on any atom is -0.354 e. The normalized spacial score (nSPS) is 16.1. The van der Waals surface area contributed by atoms with Crippen LogP contribution in [0.4, 0.5) is 11.9 Å². The Labute approximate surface area is 111 Å². The molecule has 19 heavy (non-hydrogen) atoms. The monoisotopic (exact) mass is 259 g/mol. The maximum absolute atomic E-state index is 4.41. The molecule has 0 aromatic carbocycles. The smallest absolute Gasteiger partial charge is 0.257 e. The van der Waals surface area contributed by atoms with Gasteiger partial charge in [-0.25, -0.2) is 4.68 Å². The second-order valence-electron chi connectivity index (χ2n) is 4.95. The first-order valence-corrected chi connectivity index (χ1v) is 6.47. The van der Waals surface area contributed by atoms with Crippen LogP contribution in [0.15, 0.2) is 18.5 Å². The molecule has 2 aromatic heterocycles. The van der Waals surface area contributed by atoms with Crippen LogP contribution in [-0.4, -0.2) is 36.8 Å². The summed E-state index contributed by atoms with van der Waals surface area (Å²) < 4.78 is 1.63. The van der Waals surface area contributed by atoms with Gasteiger partial charge in [-0.05, 0) is 32.8 Å². The van der Waals surface area contributed by atoms with E-state index in [2.05, 4.69) is 37.6 Å². The number of rotatable bonds is 5. The summed E-state index contributed by atoms with van der Waals surface area (Å²) in [6.45, 7) is 4.93. The van der Waals surface area contributed by atoms with Gasteiger partial charge in [-0.15, -0.1) is 0 Å². The molecular weight excluding hydrogens is 242 g/mol. The van der Waals surface area contributed by atoms with E-state index in [1.807, 2.05) is 19.2 Å². The molecule has 0 saturated heterocycles. The molecule has 3 rings (SSSR count). The van der Waals surface area contributed by atoms with Gasteiger partial charge < -0.3 is 10.6 Å². The molecule has 2 aromatic rings. The Kier molecular flexibility index (Phi) is 2.81. The van der Waals surface area contributed by atoms with Crippen molar-refractivity contribution in [3.63, 3.8) is 0 Å². The van der Waals surface area contributed by atoms with Crippen LogP contribution in [0, 0.1) is 0 Å². The molecule has 2 N–H and O–H groups in total. The molecule has 0 aliphatic heterocycles. The third kappa shape index (κ3) is 2.64. The van der Waals surface area contributed by atoms with Crippen molar-refractivity contribution in [1.29, 1.82) is 0 Å². The summed E-state index contributed by atoms with van der Waals surface area (Å²) in [6, 6.07) is 1.84. The Morgan fingerprint density at radius 3 is 2.68 bits per heavy atom. The first-order chi connectivity index (χ1) is 9.18. The zero-order chi connectivity index (χ0) is 13.3. The van der Waals surface area contributed by atoms with Crippen LogP contribution in [0.25, 0.3) is 5.95 Å². The van der Waals surface area contributed by atoms with Gasteiger partial charge in [0.1, 0.15) is 0 Å². The lowest BCUT2D eigenvalue weighted by Crippen LogP contribution is -2.20. The van der Waals surface area contributed by atoms with Crippen molar-refractivity contribution in [2.75, 3.05) is 17.2 Å². The first kappa shape index (κ1) is 11.9. The average Bonchev–Trinajstić information content (AvgIpc) is 2.92. The summed E-state index contributed by atoms with van der Waals surface area (Å²) in [5.41, 5.74) is 0.131. The Bertz CT molecular complexity index is 559. The number of nitrogens with one attached hydrogen (secondary N) is 2. The number of hydrogen-bond donors (Lipinski definition) is 2. The van der Waals surface area contributed by atoms with E-state index < -0.39 is 0 Å². The maximum atomic E-state index is 4.41. The fourth-order valence-corrected chi connectivity index (χ4v) is 1.73. The second kappa shape index (κ2) is 4.49. The van der Waals surface area contributed by atoms with Crippen LogP contribution in [0.1, 0.15) is 26.7 Å². The van der Waals surface area contributed by atoms with Crippen molar-refractivity contribution in [1.82, 2.24) is 24.7 Å². The molecule has 0 unspecified atom stereocenters. The van der Waals surface area contributed by atoms with E-state index >= 15 is 0 Å². The predicted octanol–water partition coefficient (Wildman–Crippen LogP) is 1.45. The standard InChI is InChI=1S/C12H17N7/c1-3-13-9-15-10(18-12(2)5-6-12)17-11(16-9)19-8-4-7-14-19/h4,7-8H,3,5-6H2,1-2H3,(H2,13,15,16,17,18). The zero-order valence-corrected chi connectivity index (χ0v) is 11.1. The number of hydrogen-bond acceptors (Lipinski definition) is 6. The van der Waals surface area contributed by atoms with Crippen LogP contribution >= 0.6 is 0 Å². The van der Waals surface area contributed by atoms with Crippen molar-refractivity contribution < 1.29 is 0 Å². The van der Waals surface area contributed by atoms with Crippen LogP contribution in [0.3, 0.4) is 0 Å². The largest absolute Gasteiger partial charge is 0.354 e. The molecule has 0 spiro atoms. The molecular formula is C12H17N7. The van der Waals surface area contributed by atoms with Gasteiger partial charge in [0.15, 0.2) is 0 Å². The lowest BCUT2D eigenvalue weighted by Gasteiger charge is -2.13. The Morgan fingerprint density at radius 1 is 1.26 bits per heavy atom. The zero-order valence-electron chi connectivity index (χ0n) is 11.1. The molecule has 7 nitrogen and oxygen atoms in total. The third-order valence-electron chi connectivity index (χ3n) is 3.08. The summed E-state index contributed by atoms with van der Waals surface area (Å²) in [6.07, 6.45) is 5.80. The third-order valence-corrected chi connectivity index (χ3v) is 3.08. The number of aromatic nitrogens is 5. The minimum atomic E-state index is 0.131. The fourth-order valence-electron chi connectivity index (χ4n) is 1.73. The van der Waals surface area contributed by atoms with Crippen molar-refractivity contribution in [2.45, 2.75) is 32.2 Å². The molecule has 2 heterocycles. The summed E-state index contributed by atoms with van der Waals surface area (Å²) in [4.78, 5) is 13.1. The van der Waals surface area contributed by atoms with Crippen LogP contribution < -0.4 is 10.6 Å². The van der Waals surface area contributed by atoms with Gasteiger partial charge in [0.25, 0.3) is 5.95 Å². The van der Waals surface area contributed by atoms with E-state index in [9.17, 15) is 0 Å². The van der Waals surface area contributed by atoms with Gasteiger partial charge in [-0.2, -0.15) is 20.1 Å². The molecule has 1 fully saturated rings. The van der Waals surface area contributed by atoms with Gasteiger partial charge in [0.05, 0.1) is 0 Å². The van der Waals surface area contributed by atoms with Crippen molar-refractivity contribution >= 4 is 11.9 Å². The number of nitrogens with zero attached hydrogens (tertiary/aromatic N) is 5. The molecule has 7 heteroatoms. The minimum absolute atomic E-state index is 0.131. The van der Waals surface area contributed by atoms with Crippen LogP contribution in [-0.2, 0) is 0 Å². The van der Waals surface area contributed by atoms with Gasteiger partial charge in [-0.1, -0.05) is 0 Å². The molecule has 0 radical (unpaired) electrons. The van der Waals surface area contributed by atoms with Gasteiger partial charge in [0.2, 0.25) is 11.9 Å². The first-order valence-electron chi connectivity index (χ1n) is 6.47. The maximum Gasteiger partial charge on any atom is 0.257 e. The highest BCUT2D eigenvalue weighted by atomic mass is 15.4. The SMILES string of the molecule is CCNc1nc(NC2(C)CC2)nc(-n2cccn2)n1. The Morgan fingerprint density at radius 2 is 2.05 bits per heavy atom. The Balaban J connectivity index is 1.94. The highest BCUT2D eigenvalue weighted by Crippen LogP contribution is 2.37. The molecule has 0 amide bonds. The highest BCUT2D eigenvalue weighted by Gasteiger charge is 2.38. The predicted molar refractivity (Wildman–Crippen MR) is 72.4 cm³/mol. The van der Waals surface area contributed by atoms with Crippen LogP contribution in [0.2, 0.25) is 0 Å². The van der Waals surface area contributed by atoms with Crippen molar-refractivity contribution in [2.24, 2.45) is 0 Å². The van der Waals surface area contributed by atoms with Crippen LogP contribution in [0.5, 0.6) is 0 Å². The van der Waals surface area contributed by atoms with E-state index in [0.29, 0.717) is 17.8 Å². The quantitative estimate of drug-likeness (QED) is 0.846. The summed E-state index contributed by atoms with van der Waals surface area (Å²) in [7, 11) is 0. The molecule has 1 saturated carbocycles. The highest BCUT2D eigenvalue weighted by molar-refractivity contribution is 5.40. The van der Waals surface area contributed by atoms with Crippen molar-refractivity contribution in [3.8, 4) is 5.95 Å². The Hall–Kier alpha value is -2.18. The fraction of sp³-hybridized carbons (Fsp3) is 0.500. The molecule has 1 aliphatic rings. The molecule has 0 bridgehead atoms. The van der Waals surface area contributed by atoms with Gasteiger partial charge in [0, 0.05) is 24.5 Å². The second-order valence-corrected chi connectivity index (χ2v) is 4.95. The summed E-state index contributed by atoms with van der Waals surface area (Å²) in [5.74, 6) is 1.67. The van der Waals surface area contributed by atoms with Gasteiger partial charge in [-0.3, -0.25) is 0 Å². The molecule has 0 atom stereocenters. The number of anilines is 2. The van der Waals surface area contributed by atoms with E-state index in [4.69, 9.17) is 0 Å².